The topological polar surface area (TPSA) is 9.23 Å². The Hall–Kier alpha value is -1.68. The zero-order chi connectivity index (χ0) is 7.94. The number of ether oxygens (including phenoxy) is 1. The number of hydrogen-bond acceptors (Lipinski definition) is 1. The molecule has 1 aromatic carbocycles. The van der Waals surface area contributed by atoms with Crippen molar-refractivity contribution >= 4 is 0 Å². The normalized spacial score (nSPS) is 7.64. The van der Waals surface area contributed by atoms with Crippen molar-refractivity contribution in [2.45, 2.75) is 0 Å². The van der Waals surface area contributed by atoms with Gasteiger partial charge in [-0.3, -0.25) is 0 Å². The lowest BCUT2D eigenvalue weighted by molar-refractivity contribution is 0.442. The third-order valence-corrected chi connectivity index (χ3v) is 1.11. The van der Waals surface area contributed by atoms with Crippen LogP contribution in [0.25, 0.3) is 0 Å². The molecular formula is C10H8O. The van der Waals surface area contributed by atoms with E-state index in [1.54, 1.807) is 0 Å². The lowest BCUT2D eigenvalue weighted by Gasteiger charge is -1.85. The molecular weight excluding hydrogens is 136 g/mol. The molecule has 0 aliphatic heterocycles. The molecule has 1 nitrogen and oxygen atoms in total. The number of hydrogen-bond donors (Lipinski definition) is 0. The van der Waals surface area contributed by atoms with E-state index < -0.39 is 0 Å². The first kappa shape index (κ1) is 7.43. The lowest BCUT2D eigenvalue weighted by atomic mass is 10.2. The molecule has 1 rings (SSSR count). The largest absolute Gasteiger partial charge is 0.416 e. The van der Waals surface area contributed by atoms with E-state index in [4.69, 9.17) is 0 Å². The van der Waals surface area contributed by atoms with Crippen molar-refractivity contribution in [1.82, 2.24) is 0 Å². The molecule has 0 fully saturated rings. The van der Waals surface area contributed by atoms with E-state index in [1.165, 1.54) is 6.26 Å². The summed E-state index contributed by atoms with van der Waals surface area (Å²) in [5.41, 5.74) is 0.939. The van der Waals surface area contributed by atoms with E-state index in [2.05, 4.69) is 23.3 Å². The number of rotatable bonds is 1. The molecule has 1 aromatic rings. The molecule has 0 aliphatic rings. The van der Waals surface area contributed by atoms with Gasteiger partial charge in [0.05, 0.1) is 6.26 Å². The van der Waals surface area contributed by atoms with Gasteiger partial charge in [-0.2, -0.15) is 0 Å². The summed E-state index contributed by atoms with van der Waals surface area (Å²) in [6.07, 6.45) is 3.78. The zero-order valence-corrected chi connectivity index (χ0v) is 6.08. The van der Waals surface area contributed by atoms with Gasteiger partial charge in [0, 0.05) is 5.56 Å². The third kappa shape index (κ3) is 2.59. The maximum absolute atomic E-state index is 4.64. The Balaban J connectivity index is 2.66. The number of benzene rings is 1. The van der Waals surface area contributed by atoms with Crippen molar-refractivity contribution in [3.05, 3.63) is 48.7 Å². The van der Waals surface area contributed by atoms with Gasteiger partial charge in [-0.15, -0.1) is 0 Å². The van der Waals surface area contributed by atoms with Crippen LogP contribution in [0.4, 0.5) is 0 Å². The molecule has 0 spiro atoms. The van der Waals surface area contributed by atoms with Crippen molar-refractivity contribution < 1.29 is 4.74 Å². The second kappa shape index (κ2) is 4.19. The van der Waals surface area contributed by atoms with Crippen LogP contribution in [-0.2, 0) is 4.74 Å². The molecule has 0 aromatic heterocycles. The molecule has 0 heterocycles. The van der Waals surface area contributed by atoms with E-state index in [0.717, 1.165) is 5.56 Å². The first-order valence-corrected chi connectivity index (χ1v) is 3.26. The van der Waals surface area contributed by atoms with Gasteiger partial charge in [0.25, 0.3) is 0 Å². The van der Waals surface area contributed by atoms with Crippen LogP contribution in [0.3, 0.4) is 0 Å². The van der Waals surface area contributed by atoms with Crippen LogP contribution >= 0.6 is 0 Å². The molecule has 54 valence electrons. The van der Waals surface area contributed by atoms with Gasteiger partial charge in [0.15, 0.2) is 0 Å². The minimum atomic E-state index is 0.939. The van der Waals surface area contributed by atoms with Crippen LogP contribution in [0.1, 0.15) is 5.56 Å². The van der Waals surface area contributed by atoms with E-state index in [1.807, 2.05) is 30.3 Å². The maximum atomic E-state index is 4.64. The van der Waals surface area contributed by atoms with Gasteiger partial charge in [-0.05, 0) is 18.1 Å². The molecule has 11 heavy (non-hydrogen) atoms. The molecule has 0 saturated carbocycles. The van der Waals surface area contributed by atoms with Crippen LogP contribution in [0.5, 0.6) is 0 Å². The summed E-state index contributed by atoms with van der Waals surface area (Å²) in [7, 11) is 0. The Morgan fingerprint density at radius 3 is 2.64 bits per heavy atom. The highest BCUT2D eigenvalue weighted by molar-refractivity contribution is 5.32. The maximum Gasteiger partial charge on any atom is 0.121 e. The zero-order valence-electron chi connectivity index (χ0n) is 6.08. The molecule has 0 aliphatic carbocycles. The summed E-state index contributed by atoms with van der Waals surface area (Å²) in [5, 5.41) is 0. The van der Waals surface area contributed by atoms with Crippen molar-refractivity contribution in [1.29, 1.82) is 0 Å². The Morgan fingerprint density at radius 1 is 1.27 bits per heavy atom. The fourth-order valence-electron chi connectivity index (χ4n) is 0.652. The summed E-state index contributed by atoms with van der Waals surface area (Å²) in [6, 6.07) is 9.63. The van der Waals surface area contributed by atoms with Crippen molar-refractivity contribution in [3.63, 3.8) is 0 Å². The monoisotopic (exact) mass is 144 g/mol. The van der Waals surface area contributed by atoms with Crippen molar-refractivity contribution in [2.24, 2.45) is 0 Å². The SMILES string of the molecule is C=COC#Cc1ccccc1. The minimum Gasteiger partial charge on any atom is -0.416 e. The Morgan fingerprint density at radius 2 is 2.00 bits per heavy atom. The summed E-state index contributed by atoms with van der Waals surface area (Å²) in [4.78, 5) is 0. The van der Waals surface area contributed by atoms with Gasteiger partial charge in [-0.25, -0.2) is 0 Å². The van der Waals surface area contributed by atoms with Gasteiger partial charge in [-0.1, -0.05) is 24.8 Å². The first-order chi connectivity index (χ1) is 5.43. The van der Waals surface area contributed by atoms with Gasteiger partial charge >= 0.3 is 0 Å². The molecule has 1 heteroatoms. The Bertz CT molecular complexity index is 277. The first-order valence-electron chi connectivity index (χ1n) is 3.26. The summed E-state index contributed by atoms with van der Waals surface area (Å²) < 4.78 is 4.64. The van der Waals surface area contributed by atoms with Crippen molar-refractivity contribution in [3.8, 4) is 12.0 Å². The van der Waals surface area contributed by atoms with Crippen LogP contribution in [-0.4, -0.2) is 0 Å². The summed E-state index contributed by atoms with van der Waals surface area (Å²) in [5.74, 6) is 2.80. The van der Waals surface area contributed by atoms with Crippen LogP contribution in [0.2, 0.25) is 0 Å². The lowest BCUT2D eigenvalue weighted by Crippen LogP contribution is -1.71. The smallest absolute Gasteiger partial charge is 0.121 e. The van der Waals surface area contributed by atoms with Gasteiger partial charge in [0.1, 0.15) is 6.11 Å². The van der Waals surface area contributed by atoms with Crippen LogP contribution < -0.4 is 0 Å². The van der Waals surface area contributed by atoms with E-state index in [0.29, 0.717) is 0 Å². The average molecular weight is 144 g/mol. The highest BCUT2D eigenvalue weighted by Crippen LogP contribution is 1.94. The minimum absolute atomic E-state index is 0.939. The predicted octanol–water partition coefficient (Wildman–Crippen LogP) is 2.16. The quantitative estimate of drug-likeness (QED) is 0.433. The van der Waals surface area contributed by atoms with E-state index in [-0.39, 0.29) is 0 Å². The highest BCUT2D eigenvalue weighted by atomic mass is 16.5. The van der Waals surface area contributed by atoms with Crippen LogP contribution in [0.15, 0.2) is 43.2 Å². The molecule has 0 amide bonds. The second-order valence-electron chi connectivity index (χ2n) is 1.88. The Labute approximate surface area is 66.3 Å². The van der Waals surface area contributed by atoms with Crippen molar-refractivity contribution in [2.75, 3.05) is 0 Å². The predicted molar refractivity (Wildman–Crippen MR) is 44.6 cm³/mol. The van der Waals surface area contributed by atoms with Gasteiger partial charge < -0.3 is 4.74 Å². The second-order valence-corrected chi connectivity index (χ2v) is 1.88. The highest BCUT2D eigenvalue weighted by Gasteiger charge is 1.79. The molecule has 0 N–H and O–H groups in total. The van der Waals surface area contributed by atoms with Crippen LogP contribution in [0, 0.1) is 12.0 Å². The summed E-state index contributed by atoms with van der Waals surface area (Å²) in [6.45, 7) is 3.37. The molecule has 0 unspecified atom stereocenters. The average Bonchev–Trinajstić information content (AvgIpc) is 2.07. The molecule has 0 saturated heterocycles. The fraction of sp³-hybridized carbons (Fsp3) is 0. The van der Waals surface area contributed by atoms with E-state index >= 15 is 0 Å². The Kier molecular flexibility index (Phi) is 2.83. The third-order valence-electron chi connectivity index (χ3n) is 1.11. The summed E-state index contributed by atoms with van der Waals surface area (Å²) >= 11 is 0. The van der Waals surface area contributed by atoms with Gasteiger partial charge in [0.2, 0.25) is 0 Å². The standard InChI is InChI=1S/C10H8O/c1-2-11-9-8-10-6-4-3-5-7-10/h2-7H,1H2. The molecule has 0 radical (unpaired) electrons. The molecule has 0 atom stereocenters. The fourth-order valence-corrected chi connectivity index (χ4v) is 0.652. The molecule has 0 bridgehead atoms. The van der Waals surface area contributed by atoms with E-state index in [9.17, 15) is 0 Å².